The number of hydrogen-bond donors (Lipinski definition) is 2. The number of carbonyl (C=O) groups is 1. The van der Waals surface area contributed by atoms with Crippen LogP contribution in [0.2, 0.25) is 0 Å². The summed E-state index contributed by atoms with van der Waals surface area (Å²) in [7, 11) is 0. The molecule has 1 aromatic heterocycles. The number of benzene rings is 1. The average molecular weight is 353 g/mol. The van der Waals surface area contributed by atoms with E-state index in [-0.39, 0.29) is 11.9 Å². The van der Waals surface area contributed by atoms with Crippen LogP contribution in [0, 0.1) is 0 Å². The molecule has 5 heteroatoms. The summed E-state index contributed by atoms with van der Waals surface area (Å²) in [5, 5.41) is 8.35. The Morgan fingerprint density at radius 2 is 1.90 bits per heavy atom. The van der Waals surface area contributed by atoms with E-state index in [2.05, 4.69) is 44.9 Å². The van der Waals surface area contributed by atoms with Gasteiger partial charge in [0.2, 0.25) is 5.91 Å². The lowest BCUT2D eigenvalue weighted by Crippen LogP contribution is -2.09. The van der Waals surface area contributed by atoms with Crippen LogP contribution in [0.4, 0.5) is 11.4 Å². The Bertz CT molecular complexity index is 580. The first-order valence-electron chi connectivity index (χ1n) is 6.49. The summed E-state index contributed by atoms with van der Waals surface area (Å²) in [6.07, 6.45) is 0.490. The van der Waals surface area contributed by atoms with Crippen molar-refractivity contribution < 1.29 is 4.79 Å². The van der Waals surface area contributed by atoms with Crippen molar-refractivity contribution in [1.29, 1.82) is 0 Å². The first kappa shape index (κ1) is 15.1. The lowest BCUT2D eigenvalue weighted by Gasteiger charge is -2.15. The van der Waals surface area contributed by atoms with E-state index in [1.807, 2.05) is 31.2 Å². The monoisotopic (exact) mass is 352 g/mol. The minimum absolute atomic E-state index is 0.0293. The molecule has 2 N–H and O–H groups in total. The van der Waals surface area contributed by atoms with Crippen molar-refractivity contribution in [3.63, 3.8) is 0 Å². The lowest BCUT2D eigenvalue weighted by molar-refractivity contribution is -0.115. The molecule has 0 spiro atoms. The molecule has 1 amide bonds. The quantitative estimate of drug-likeness (QED) is 0.791. The van der Waals surface area contributed by atoms with E-state index >= 15 is 0 Å². The third kappa shape index (κ3) is 3.84. The van der Waals surface area contributed by atoms with Crippen molar-refractivity contribution >= 4 is 44.5 Å². The van der Waals surface area contributed by atoms with Crippen molar-refractivity contribution in [1.82, 2.24) is 0 Å². The fourth-order valence-corrected chi connectivity index (χ4v) is 3.55. The summed E-state index contributed by atoms with van der Waals surface area (Å²) < 4.78 is 1.13. The van der Waals surface area contributed by atoms with Gasteiger partial charge in [-0.1, -0.05) is 6.92 Å². The van der Waals surface area contributed by atoms with Gasteiger partial charge in [0, 0.05) is 27.1 Å². The van der Waals surface area contributed by atoms with Crippen LogP contribution >= 0.6 is 27.3 Å². The van der Waals surface area contributed by atoms with E-state index in [1.165, 1.54) is 4.88 Å². The zero-order chi connectivity index (χ0) is 14.5. The number of rotatable bonds is 5. The van der Waals surface area contributed by atoms with Gasteiger partial charge in [-0.3, -0.25) is 4.79 Å². The van der Waals surface area contributed by atoms with Gasteiger partial charge < -0.3 is 10.6 Å². The number of halogens is 1. The van der Waals surface area contributed by atoms with Gasteiger partial charge >= 0.3 is 0 Å². The van der Waals surface area contributed by atoms with Crippen molar-refractivity contribution in [2.24, 2.45) is 0 Å². The van der Waals surface area contributed by atoms with Gasteiger partial charge in [-0.15, -0.1) is 11.3 Å². The van der Waals surface area contributed by atoms with E-state index < -0.39 is 0 Å². The molecule has 0 aliphatic heterocycles. The van der Waals surface area contributed by atoms with E-state index in [9.17, 15) is 4.79 Å². The minimum atomic E-state index is 0.0293. The Balaban J connectivity index is 2.00. The number of amides is 1. The third-order valence-electron chi connectivity index (χ3n) is 2.91. The zero-order valence-electron chi connectivity index (χ0n) is 11.4. The number of nitrogens with one attached hydrogen (secondary N) is 2. The first-order chi connectivity index (χ1) is 9.60. The van der Waals surface area contributed by atoms with E-state index in [1.54, 1.807) is 11.3 Å². The summed E-state index contributed by atoms with van der Waals surface area (Å²) in [5.74, 6) is 0.0293. The van der Waals surface area contributed by atoms with Gasteiger partial charge in [0.1, 0.15) is 0 Å². The van der Waals surface area contributed by atoms with Gasteiger partial charge in [0.05, 0.1) is 6.04 Å². The Kier molecular flexibility index (Phi) is 5.20. The normalized spacial score (nSPS) is 11.9. The van der Waals surface area contributed by atoms with Gasteiger partial charge in [-0.25, -0.2) is 0 Å². The molecule has 0 fully saturated rings. The maximum absolute atomic E-state index is 11.3. The van der Waals surface area contributed by atoms with Crippen LogP contribution in [0.25, 0.3) is 0 Å². The predicted molar refractivity (Wildman–Crippen MR) is 89.4 cm³/mol. The van der Waals surface area contributed by atoms with Gasteiger partial charge in [0.15, 0.2) is 0 Å². The molecule has 3 nitrogen and oxygen atoms in total. The fourth-order valence-electron chi connectivity index (χ4n) is 1.83. The number of thiophene rings is 1. The van der Waals surface area contributed by atoms with Crippen LogP contribution in [-0.2, 0) is 4.79 Å². The van der Waals surface area contributed by atoms with Gasteiger partial charge in [0.25, 0.3) is 0 Å². The molecule has 1 atom stereocenters. The van der Waals surface area contributed by atoms with Crippen LogP contribution < -0.4 is 10.6 Å². The summed E-state index contributed by atoms with van der Waals surface area (Å²) in [6.45, 7) is 3.97. The van der Waals surface area contributed by atoms with E-state index in [4.69, 9.17) is 0 Å². The van der Waals surface area contributed by atoms with Crippen molar-refractivity contribution in [2.45, 2.75) is 26.3 Å². The lowest BCUT2D eigenvalue weighted by atomic mass is 10.2. The highest BCUT2D eigenvalue weighted by Crippen LogP contribution is 2.31. The molecular formula is C15H17BrN2OS. The second-order valence-corrected chi connectivity index (χ2v) is 6.28. The average Bonchev–Trinajstić information content (AvgIpc) is 2.87. The molecule has 1 heterocycles. The molecule has 1 aromatic carbocycles. The maximum Gasteiger partial charge on any atom is 0.224 e. The predicted octanol–water partition coefficient (Wildman–Crippen LogP) is 5.03. The molecule has 2 aromatic rings. The highest BCUT2D eigenvalue weighted by atomic mass is 79.9. The Morgan fingerprint density at radius 3 is 2.45 bits per heavy atom. The Morgan fingerprint density at radius 1 is 1.25 bits per heavy atom. The van der Waals surface area contributed by atoms with Crippen LogP contribution in [-0.4, -0.2) is 5.91 Å². The highest BCUT2D eigenvalue weighted by molar-refractivity contribution is 9.10. The first-order valence-corrected chi connectivity index (χ1v) is 8.16. The van der Waals surface area contributed by atoms with Crippen LogP contribution in [0.5, 0.6) is 0 Å². The molecule has 2 rings (SSSR count). The summed E-state index contributed by atoms with van der Waals surface area (Å²) >= 11 is 5.27. The smallest absolute Gasteiger partial charge is 0.224 e. The largest absolute Gasteiger partial charge is 0.378 e. The van der Waals surface area contributed by atoms with Gasteiger partial charge in [-0.05, 0) is 58.6 Å². The Hall–Kier alpha value is -1.33. The molecule has 0 radical (unpaired) electrons. The molecule has 0 bridgehead atoms. The van der Waals surface area contributed by atoms with Crippen LogP contribution in [0.15, 0.2) is 40.2 Å². The van der Waals surface area contributed by atoms with Gasteiger partial charge in [-0.2, -0.15) is 0 Å². The number of hydrogen-bond acceptors (Lipinski definition) is 3. The summed E-state index contributed by atoms with van der Waals surface area (Å²) in [6, 6.07) is 10.1. The molecule has 0 aliphatic rings. The summed E-state index contributed by atoms with van der Waals surface area (Å²) in [5.41, 5.74) is 1.86. The number of anilines is 2. The molecular weight excluding hydrogens is 336 g/mol. The second kappa shape index (κ2) is 6.90. The SMILES string of the molecule is CCC(=O)Nc1ccc(NC(C)c2sccc2Br)cc1. The maximum atomic E-state index is 11.3. The highest BCUT2D eigenvalue weighted by Gasteiger charge is 2.10. The molecule has 1 unspecified atom stereocenters. The molecule has 20 heavy (non-hydrogen) atoms. The van der Waals surface area contributed by atoms with Crippen LogP contribution in [0.1, 0.15) is 31.2 Å². The minimum Gasteiger partial charge on any atom is -0.378 e. The van der Waals surface area contributed by atoms with E-state index in [0.29, 0.717) is 6.42 Å². The van der Waals surface area contributed by atoms with Crippen molar-refractivity contribution in [3.8, 4) is 0 Å². The fraction of sp³-hybridized carbons (Fsp3) is 0.267. The van der Waals surface area contributed by atoms with E-state index in [0.717, 1.165) is 15.8 Å². The van der Waals surface area contributed by atoms with Crippen molar-refractivity contribution in [3.05, 3.63) is 45.1 Å². The molecule has 0 saturated heterocycles. The standard InChI is InChI=1S/C15H17BrN2OS/c1-3-14(19)18-12-6-4-11(5-7-12)17-10(2)15-13(16)8-9-20-15/h4-10,17H,3H2,1-2H3,(H,18,19). The van der Waals surface area contributed by atoms with Crippen molar-refractivity contribution in [2.75, 3.05) is 10.6 Å². The van der Waals surface area contributed by atoms with Crippen LogP contribution in [0.3, 0.4) is 0 Å². The zero-order valence-corrected chi connectivity index (χ0v) is 13.8. The topological polar surface area (TPSA) is 41.1 Å². The third-order valence-corrected chi connectivity index (χ3v) is 4.96. The second-order valence-electron chi connectivity index (χ2n) is 4.48. The summed E-state index contributed by atoms with van der Waals surface area (Å²) in [4.78, 5) is 12.6. The molecule has 0 aliphatic carbocycles. The number of carbonyl (C=O) groups excluding carboxylic acids is 1. The molecule has 106 valence electrons. The molecule has 0 saturated carbocycles. The Labute approximate surface area is 131 Å².